The Kier molecular flexibility index (Phi) is 4.27. The van der Waals surface area contributed by atoms with Gasteiger partial charge < -0.3 is 10.1 Å². The molecule has 96 valence electrons. The van der Waals surface area contributed by atoms with Crippen LogP contribution in [0.2, 0.25) is 0 Å². The van der Waals surface area contributed by atoms with E-state index in [0.29, 0.717) is 5.56 Å². The Morgan fingerprint density at radius 1 is 1.50 bits per heavy atom. The zero-order valence-corrected chi connectivity index (χ0v) is 10.6. The number of hydrogen-bond donors (Lipinski definition) is 1. The van der Waals surface area contributed by atoms with E-state index in [1.165, 1.54) is 12.1 Å². The number of carbonyl (C=O) groups is 1. The summed E-state index contributed by atoms with van der Waals surface area (Å²) >= 11 is 0. The Hall–Kier alpha value is -2.09. The molecule has 1 amide bonds. The number of rotatable bonds is 2. The average molecular weight is 250 g/mol. The van der Waals surface area contributed by atoms with Crippen LogP contribution in [0.1, 0.15) is 26.3 Å². The Morgan fingerprint density at radius 3 is 2.67 bits per heavy atom. The number of ether oxygens (including phenoxy) is 1. The summed E-state index contributed by atoms with van der Waals surface area (Å²) in [5.41, 5.74) is -0.0229. The van der Waals surface area contributed by atoms with E-state index in [0.717, 1.165) is 0 Å². The van der Waals surface area contributed by atoms with Crippen molar-refractivity contribution in [1.82, 2.24) is 5.32 Å². The maximum absolute atomic E-state index is 13.3. The van der Waals surface area contributed by atoms with E-state index < -0.39 is 17.5 Å². The van der Waals surface area contributed by atoms with Crippen molar-refractivity contribution in [2.45, 2.75) is 32.9 Å². The van der Waals surface area contributed by atoms with Gasteiger partial charge in [0.25, 0.3) is 0 Å². The van der Waals surface area contributed by atoms with Gasteiger partial charge in [-0.05, 0) is 32.4 Å². The van der Waals surface area contributed by atoms with Gasteiger partial charge in [-0.1, -0.05) is 12.1 Å². The van der Waals surface area contributed by atoms with E-state index >= 15 is 0 Å². The van der Waals surface area contributed by atoms with Gasteiger partial charge in [-0.2, -0.15) is 0 Å². The molecule has 0 fully saturated rings. The van der Waals surface area contributed by atoms with Crippen LogP contribution in [0.25, 0.3) is 4.85 Å². The number of amides is 1. The molecule has 0 aliphatic rings. The first-order valence-corrected chi connectivity index (χ1v) is 5.44. The van der Waals surface area contributed by atoms with Crippen molar-refractivity contribution in [2.75, 3.05) is 0 Å². The van der Waals surface area contributed by atoms with Gasteiger partial charge in [-0.15, -0.1) is 0 Å². The molecule has 1 N–H and O–H groups in total. The molecule has 0 saturated heterocycles. The van der Waals surface area contributed by atoms with E-state index in [9.17, 15) is 9.18 Å². The monoisotopic (exact) mass is 250 g/mol. The second-order valence-electron chi connectivity index (χ2n) is 4.75. The molecule has 5 heteroatoms. The lowest BCUT2D eigenvalue weighted by Crippen LogP contribution is -2.32. The molecule has 0 saturated carbocycles. The smallest absolute Gasteiger partial charge is 0.407 e. The van der Waals surface area contributed by atoms with Crippen molar-refractivity contribution >= 4 is 11.8 Å². The Balaban J connectivity index is 2.57. The number of carbonyl (C=O) groups excluding carboxylic acids is 1. The van der Waals surface area contributed by atoms with Crippen LogP contribution in [0.5, 0.6) is 0 Å². The lowest BCUT2D eigenvalue weighted by atomic mass is 10.2. The molecular weight excluding hydrogens is 235 g/mol. The Bertz CT molecular complexity index is 487. The molecule has 0 radical (unpaired) electrons. The summed E-state index contributed by atoms with van der Waals surface area (Å²) < 4.78 is 18.3. The van der Waals surface area contributed by atoms with Crippen LogP contribution in [-0.4, -0.2) is 11.7 Å². The third kappa shape index (κ3) is 4.42. The molecule has 1 aromatic carbocycles. The fourth-order valence-electron chi connectivity index (χ4n) is 1.24. The first-order valence-electron chi connectivity index (χ1n) is 5.44. The van der Waals surface area contributed by atoms with Crippen molar-refractivity contribution in [3.8, 4) is 0 Å². The van der Waals surface area contributed by atoms with Gasteiger partial charge in [0.2, 0.25) is 5.69 Å². The van der Waals surface area contributed by atoms with Crippen LogP contribution in [0, 0.1) is 12.4 Å². The highest BCUT2D eigenvalue weighted by Gasteiger charge is 2.15. The summed E-state index contributed by atoms with van der Waals surface area (Å²) in [5, 5.41) is 2.51. The van der Waals surface area contributed by atoms with Gasteiger partial charge in [0.15, 0.2) is 0 Å². The molecule has 0 bridgehead atoms. The van der Waals surface area contributed by atoms with Gasteiger partial charge in [0.05, 0.1) is 6.57 Å². The van der Waals surface area contributed by atoms with E-state index in [4.69, 9.17) is 11.3 Å². The van der Waals surface area contributed by atoms with Crippen molar-refractivity contribution in [1.29, 1.82) is 0 Å². The fraction of sp³-hybridized carbons (Fsp3) is 0.385. The first kappa shape index (κ1) is 14.0. The van der Waals surface area contributed by atoms with Crippen molar-refractivity contribution < 1.29 is 13.9 Å². The van der Waals surface area contributed by atoms with Gasteiger partial charge in [-0.3, -0.25) is 0 Å². The highest BCUT2D eigenvalue weighted by molar-refractivity contribution is 5.67. The molecule has 0 aromatic heterocycles. The average Bonchev–Trinajstić information content (AvgIpc) is 2.24. The zero-order valence-electron chi connectivity index (χ0n) is 10.6. The zero-order chi connectivity index (χ0) is 13.8. The molecule has 1 aromatic rings. The van der Waals surface area contributed by atoms with Crippen molar-refractivity contribution in [3.05, 3.63) is 41.0 Å². The Labute approximate surface area is 106 Å². The lowest BCUT2D eigenvalue weighted by Gasteiger charge is -2.19. The van der Waals surface area contributed by atoms with E-state index in [2.05, 4.69) is 10.2 Å². The maximum atomic E-state index is 13.3. The SMILES string of the molecule is [C-]#[N+]c1ccc(CNC(=O)OC(C)(C)C)cc1F. The van der Waals surface area contributed by atoms with Gasteiger partial charge in [0, 0.05) is 6.54 Å². The van der Waals surface area contributed by atoms with Crippen LogP contribution in [0.3, 0.4) is 0 Å². The highest BCUT2D eigenvalue weighted by Crippen LogP contribution is 2.18. The minimum atomic E-state index is -0.589. The summed E-state index contributed by atoms with van der Waals surface area (Å²) in [6, 6.07) is 4.20. The van der Waals surface area contributed by atoms with Crippen LogP contribution < -0.4 is 5.32 Å². The normalized spacial score (nSPS) is 10.6. The largest absolute Gasteiger partial charge is 0.444 e. The van der Waals surface area contributed by atoms with Crippen LogP contribution in [-0.2, 0) is 11.3 Å². The molecule has 0 aliphatic carbocycles. The second kappa shape index (κ2) is 5.50. The van der Waals surface area contributed by atoms with Crippen molar-refractivity contribution in [3.63, 3.8) is 0 Å². The minimum Gasteiger partial charge on any atom is -0.444 e. The molecule has 0 heterocycles. The molecular formula is C13H15FN2O2. The number of alkyl carbamates (subject to hydrolysis) is 1. The van der Waals surface area contributed by atoms with Crippen LogP contribution in [0.4, 0.5) is 14.9 Å². The molecule has 1 rings (SSSR count). The third-order valence-electron chi connectivity index (χ3n) is 1.97. The van der Waals surface area contributed by atoms with Crippen LogP contribution >= 0.6 is 0 Å². The number of benzene rings is 1. The predicted octanol–water partition coefficient (Wildman–Crippen LogP) is 3.40. The van der Waals surface area contributed by atoms with Gasteiger partial charge >= 0.3 is 6.09 Å². The first-order chi connectivity index (χ1) is 8.31. The topological polar surface area (TPSA) is 42.7 Å². The quantitative estimate of drug-likeness (QED) is 0.817. The van der Waals surface area contributed by atoms with E-state index in [-0.39, 0.29) is 12.2 Å². The molecule has 0 spiro atoms. The summed E-state index contributed by atoms with van der Waals surface area (Å²) in [6.45, 7) is 12.2. The molecule has 0 atom stereocenters. The minimum absolute atomic E-state index is 0.0315. The Morgan fingerprint density at radius 2 is 2.17 bits per heavy atom. The molecule has 4 nitrogen and oxygen atoms in total. The van der Waals surface area contributed by atoms with E-state index in [1.54, 1.807) is 26.8 Å². The highest BCUT2D eigenvalue weighted by atomic mass is 19.1. The molecule has 18 heavy (non-hydrogen) atoms. The van der Waals surface area contributed by atoms with Crippen molar-refractivity contribution in [2.24, 2.45) is 0 Å². The third-order valence-corrected chi connectivity index (χ3v) is 1.97. The van der Waals surface area contributed by atoms with Gasteiger partial charge in [-0.25, -0.2) is 14.0 Å². The number of nitrogens with zero attached hydrogens (tertiary/aromatic N) is 1. The fourth-order valence-corrected chi connectivity index (χ4v) is 1.24. The predicted molar refractivity (Wildman–Crippen MR) is 65.7 cm³/mol. The summed E-state index contributed by atoms with van der Waals surface area (Å²) in [7, 11) is 0. The summed E-state index contributed by atoms with van der Waals surface area (Å²) in [6.07, 6.45) is -0.558. The second-order valence-corrected chi connectivity index (χ2v) is 4.75. The number of nitrogens with one attached hydrogen (secondary N) is 1. The summed E-state index contributed by atoms with van der Waals surface area (Å²) in [5.74, 6) is -0.589. The number of hydrogen-bond acceptors (Lipinski definition) is 2. The molecule has 0 unspecified atom stereocenters. The maximum Gasteiger partial charge on any atom is 0.407 e. The standard InChI is InChI=1S/C13H15FN2O2/c1-13(2,3)18-12(17)16-8-9-5-6-11(15-4)10(14)7-9/h5-7H,8H2,1-3H3,(H,16,17). The summed E-state index contributed by atoms with van der Waals surface area (Å²) in [4.78, 5) is 14.4. The molecule has 0 aliphatic heterocycles. The van der Waals surface area contributed by atoms with E-state index in [1.807, 2.05) is 0 Å². The lowest BCUT2D eigenvalue weighted by molar-refractivity contribution is 0.0523. The number of halogens is 1. The van der Waals surface area contributed by atoms with Crippen LogP contribution in [0.15, 0.2) is 18.2 Å². The van der Waals surface area contributed by atoms with Gasteiger partial charge in [0.1, 0.15) is 11.4 Å².